The molecule has 102 valence electrons. The molecule has 0 aliphatic carbocycles. The van der Waals surface area contributed by atoms with Crippen molar-refractivity contribution in [3.05, 3.63) is 48.2 Å². The molecule has 1 amide bonds. The summed E-state index contributed by atoms with van der Waals surface area (Å²) in [5, 5.41) is 3.26. The first kappa shape index (κ1) is 14.1. The van der Waals surface area contributed by atoms with Crippen LogP contribution in [0.25, 0.3) is 0 Å². The second kappa shape index (κ2) is 6.72. The number of carbonyl (C=O) groups excluding carboxylic acids is 2. The number of pyridine rings is 1. The molecule has 5 nitrogen and oxygen atoms in total. The summed E-state index contributed by atoms with van der Waals surface area (Å²) < 4.78 is 4.67. The summed E-state index contributed by atoms with van der Waals surface area (Å²) in [4.78, 5) is 26.9. The van der Waals surface area contributed by atoms with Crippen molar-refractivity contribution in [1.82, 2.24) is 4.98 Å². The highest BCUT2D eigenvalue weighted by atomic mass is 32.2. The first-order valence-electron chi connectivity index (χ1n) is 5.75. The normalized spacial score (nSPS) is 9.85. The fraction of sp³-hybridized carbons (Fsp3) is 0.0714. The molecule has 0 spiro atoms. The lowest BCUT2D eigenvalue weighted by molar-refractivity contribution is -0.105. The fourth-order valence-electron chi connectivity index (χ4n) is 1.52. The van der Waals surface area contributed by atoms with Crippen LogP contribution in [0.15, 0.2) is 52.5 Å². The Labute approximate surface area is 120 Å². The summed E-state index contributed by atoms with van der Waals surface area (Å²) in [6.45, 7) is 0. The van der Waals surface area contributed by atoms with Crippen LogP contribution in [0.5, 0.6) is 0 Å². The summed E-state index contributed by atoms with van der Waals surface area (Å²) in [6.07, 6.45) is 2.19. The van der Waals surface area contributed by atoms with Gasteiger partial charge in [-0.2, -0.15) is 0 Å². The van der Waals surface area contributed by atoms with Gasteiger partial charge in [0, 0.05) is 16.8 Å². The number of anilines is 1. The minimum Gasteiger partial charge on any atom is -0.465 e. The summed E-state index contributed by atoms with van der Waals surface area (Å²) in [7, 11) is 1.34. The van der Waals surface area contributed by atoms with Gasteiger partial charge in [0.15, 0.2) is 0 Å². The van der Waals surface area contributed by atoms with E-state index in [9.17, 15) is 9.59 Å². The molecule has 2 aromatic rings. The predicted molar refractivity (Wildman–Crippen MR) is 75.8 cm³/mol. The van der Waals surface area contributed by atoms with Gasteiger partial charge in [-0.3, -0.25) is 4.79 Å². The van der Waals surface area contributed by atoms with E-state index in [1.165, 1.54) is 18.9 Å². The van der Waals surface area contributed by atoms with Crippen LogP contribution >= 0.6 is 11.8 Å². The molecule has 1 aromatic carbocycles. The molecule has 6 heteroatoms. The summed E-state index contributed by atoms with van der Waals surface area (Å²) in [5.41, 5.74) is 1.19. The molecule has 0 aliphatic heterocycles. The molecular weight excluding hydrogens is 276 g/mol. The third-order valence-corrected chi connectivity index (χ3v) is 3.40. The molecular formula is C14H12N2O3S. The van der Waals surface area contributed by atoms with Crippen molar-refractivity contribution in [3.63, 3.8) is 0 Å². The van der Waals surface area contributed by atoms with Crippen molar-refractivity contribution in [2.75, 3.05) is 12.4 Å². The summed E-state index contributed by atoms with van der Waals surface area (Å²) in [5.74, 6) is -0.389. The standard InChI is InChI=1S/C14H12N2O3S/c1-19-14(18)10-6-7-15-13(8-10)20-12-4-2-11(3-5-12)16-9-17/h2-9H,1H3,(H,16,17). The zero-order chi connectivity index (χ0) is 14.4. The molecule has 0 atom stereocenters. The molecule has 0 bridgehead atoms. The highest BCUT2D eigenvalue weighted by molar-refractivity contribution is 7.99. The number of carbonyl (C=O) groups is 2. The molecule has 0 aliphatic rings. The van der Waals surface area contributed by atoms with E-state index in [-0.39, 0.29) is 5.97 Å². The lowest BCUT2D eigenvalue weighted by Gasteiger charge is -2.04. The van der Waals surface area contributed by atoms with Crippen LogP contribution in [-0.4, -0.2) is 24.5 Å². The molecule has 0 radical (unpaired) electrons. The Balaban J connectivity index is 2.13. The average molecular weight is 288 g/mol. The Bertz CT molecular complexity index is 614. The van der Waals surface area contributed by atoms with Crippen molar-refractivity contribution in [2.24, 2.45) is 0 Å². The number of methoxy groups -OCH3 is 1. The van der Waals surface area contributed by atoms with E-state index in [1.54, 1.807) is 30.5 Å². The molecule has 2 rings (SSSR count). The van der Waals surface area contributed by atoms with E-state index in [4.69, 9.17) is 0 Å². The maximum Gasteiger partial charge on any atom is 0.337 e. The molecule has 20 heavy (non-hydrogen) atoms. The maximum atomic E-state index is 11.4. The first-order chi connectivity index (χ1) is 9.72. The lowest BCUT2D eigenvalue weighted by Crippen LogP contribution is -2.01. The minimum atomic E-state index is -0.389. The summed E-state index contributed by atoms with van der Waals surface area (Å²) in [6, 6.07) is 10.6. The number of benzene rings is 1. The van der Waals surface area contributed by atoms with Crippen molar-refractivity contribution >= 4 is 29.8 Å². The largest absolute Gasteiger partial charge is 0.465 e. The highest BCUT2D eigenvalue weighted by Crippen LogP contribution is 2.27. The van der Waals surface area contributed by atoms with Gasteiger partial charge < -0.3 is 10.1 Å². The van der Waals surface area contributed by atoms with Gasteiger partial charge in [-0.15, -0.1) is 0 Å². The van der Waals surface area contributed by atoms with Crippen LogP contribution in [0.4, 0.5) is 5.69 Å². The van der Waals surface area contributed by atoms with Crippen molar-refractivity contribution < 1.29 is 14.3 Å². The monoisotopic (exact) mass is 288 g/mol. The lowest BCUT2D eigenvalue weighted by atomic mass is 10.3. The number of nitrogens with zero attached hydrogens (tertiary/aromatic N) is 1. The van der Waals surface area contributed by atoms with Gasteiger partial charge in [0.05, 0.1) is 12.7 Å². The van der Waals surface area contributed by atoms with Gasteiger partial charge in [-0.25, -0.2) is 9.78 Å². The van der Waals surface area contributed by atoms with Crippen LogP contribution in [0, 0.1) is 0 Å². The van der Waals surface area contributed by atoms with E-state index < -0.39 is 0 Å². The van der Waals surface area contributed by atoms with E-state index in [1.807, 2.05) is 12.1 Å². The second-order valence-electron chi connectivity index (χ2n) is 3.76. The Kier molecular flexibility index (Phi) is 4.73. The van der Waals surface area contributed by atoms with E-state index in [0.29, 0.717) is 17.0 Å². The Hall–Kier alpha value is -2.34. The van der Waals surface area contributed by atoms with Gasteiger partial charge >= 0.3 is 5.97 Å². The van der Waals surface area contributed by atoms with Gasteiger partial charge in [0.25, 0.3) is 0 Å². The minimum absolute atomic E-state index is 0.389. The Morgan fingerprint density at radius 2 is 2.05 bits per heavy atom. The zero-order valence-corrected chi connectivity index (χ0v) is 11.5. The smallest absolute Gasteiger partial charge is 0.337 e. The van der Waals surface area contributed by atoms with Crippen molar-refractivity contribution in [2.45, 2.75) is 9.92 Å². The number of hydrogen-bond acceptors (Lipinski definition) is 5. The fourth-order valence-corrected chi connectivity index (χ4v) is 2.33. The number of hydrogen-bond donors (Lipinski definition) is 1. The maximum absolute atomic E-state index is 11.4. The number of esters is 1. The third kappa shape index (κ3) is 3.58. The SMILES string of the molecule is COC(=O)c1ccnc(Sc2ccc(NC=O)cc2)c1. The second-order valence-corrected chi connectivity index (χ2v) is 4.86. The Morgan fingerprint density at radius 3 is 2.70 bits per heavy atom. The molecule has 1 heterocycles. The van der Waals surface area contributed by atoms with Crippen LogP contribution in [0.1, 0.15) is 10.4 Å². The molecule has 1 N–H and O–H groups in total. The number of nitrogens with one attached hydrogen (secondary N) is 1. The molecule has 0 fully saturated rings. The van der Waals surface area contributed by atoms with Crippen molar-refractivity contribution in [1.29, 1.82) is 0 Å². The van der Waals surface area contributed by atoms with E-state index in [0.717, 1.165) is 10.6 Å². The molecule has 0 saturated heterocycles. The number of aromatic nitrogens is 1. The topological polar surface area (TPSA) is 68.3 Å². The van der Waals surface area contributed by atoms with E-state index >= 15 is 0 Å². The van der Waals surface area contributed by atoms with Crippen LogP contribution in [0.3, 0.4) is 0 Å². The highest BCUT2D eigenvalue weighted by Gasteiger charge is 2.07. The number of ether oxygens (including phenoxy) is 1. The van der Waals surface area contributed by atoms with Gasteiger partial charge in [0.1, 0.15) is 5.03 Å². The molecule has 1 aromatic heterocycles. The average Bonchev–Trinajstić information content (AvgIpc) is 2.49. The van der Waals surface area contributed by atoms with Crippen LogP contribution in [-0.2, 0) is 9.53 Å². The molecule has 0 unspecified atom stereocenters. The number of amides is 1. The first-order valence-corrected chi connectivity index (χ1v) is 6.57. The Morgan fingerprint density at radius 1 is 1.30 bits per heavy atom. The van der Waals surface area contributed by atoms with Crippen LogP contribution < -0.4 is 5.32 Å². The van der Waals surface area contributed by atoms with Crippen molar-refractivity contribution in [3.8, 4) is 0 Å². The van der Waals surface area contributed by atoms with Gasteiger partial charge in [-0.05, 0) is 36.4 Å². The zero-order valence-electron chi connectivity index (χ0n) is 10.7. The third-order valence-electron chi connectivity index (χ3n) is 2.46. The quantitative estimate of drug-likeness (QED) is 0.676. The molecule has 0 saturated carbocycles. The van der Waals surface area contributed by atoms with Crippen LogP contribution in [0.2, 0.25) is 0 Å². The number of rotatable bonds is 5. The van der Waals surface area contributed by atoms with Gasteiger partial charge in [0.2, 0.25) is 6.41 Å². The predicted octanol–water partition coefficient (Wildman–Crippen LogP) is 2.59. The summed E-state index contributed by atoms with van der Waals surface area (Å²) >= 11 is 1.42. The van der Waals surface area contributed by atoms with E-state index in [2.05, 4.69) is 15.0 Å². The van der Waals surface area contributed by atoms with Gasteiger partial charge in [-0.1, -0.05) is 11.8 Å².